The van der Waals surface area contributed by atoms with Crippen molar-refractivity contribution in [3.63, 3.8) is 0 Å². The molecule has 2 amide bonds. The van der Waals surface area contributed by atoms with E-state index in [1.54, 1.807) is 31.2 Å². The Morgan fingerprint density at radius 1 is 0.971 bits per heavy atom. The normalized spacial score (nSPS) is 11.7. The van der Waals surface area contributed by atoms with Gasteiger partial charge in [-0.1, -0.05) is 42.5 Å². The minimum atomic E-state index is -0.912. The van der Waals surface area contributed by atoms with Crippen molar-refractivity contribution >= 4 is 28.5 Å². The maximum Gasteiger partial charge on any atom is 0.272 e. The zero-order valence-corrected chi connectivity index (χ0v) is 18.5. The summed E-state index contributed by atoms with van der Waals surface area (Å²) in [6.07, 6.45) is 0.241. The SMILES string of the molecule is Cc1nc2ccccc2n(CC(=O)N[C@@H](Cc2ccccc2)C(=O)Nc2ccc(F)cc2)c1=O. The topological polar surface area (TPSA) is 93.1 Å². The first-order valence-electron chi connectivity index (χ1n) is 10.8. The summed E-state index contributed by atoms with van der Waals surface area (Å²) in [5, 5.41) is 5.46. The summed E-state index contributed by atoms with van der Waals surface area (Å²) in [7, 11) is 0. The molecule has 0 saturated carbocycles. The van der Waals surface area contributed by atoms with Crippen LogP contribution in [0.1, 0.15) is 11.3 Å². The Kier molecular flexibility index (Phi) is 6.77. The van der Waals surface area contributed by atoms with E-state index in [1.807, 2.05) is 30.3 Å². The average Bonchev–Trinajstić information content (AvgIpc) is 2.83. The number of aryl methyl sites for hydroxylation is 1. The molecule has 4 aromatic rings. The third-order valence-electron chi connectivity index (χ3n) is 5.36. The summed E-state index contributed by atoms with van der Waals surface area (Å²) >= 11 is 0. The Balaban J connectivity index is 1.57. The van der Waals surface area contributed by atoms with Gasteiger partial charge in [0.2, 0.25) is 11.8 Å². The molecule has 0 bridgehead atoms. The van der Waals surface area contributed by atoms with Crippen LogP contribution in [0.3, 0.4) is 0 Å². The van der Waals surface area contributed by atoms with Gasteiger partial charge in [0.05, 0.1) is 11.0 Å². The molecule has 4 rings (SSSR count). The number of aromatic nitrogens is 2. The van der Waals surface area contributed by atoms with Crippen LogP contribution in [-0.2, 0) is 22.6 Å². The van der Waals surface area contributed by atoms with E-state index in [4.69, 9.17) is 0 Å². The van der Waals surface area contributed by atoms with Gasteiger partial charge in [0.25, 0.3) is 5.56 Å². The molecule has 1 heterocycles. The summed E-state index contributed by atoms with van der Waals surface area (Å²) in [5.74, 6) is -1.36. The largest absolute Gasteiger partial charge is 0.342 e. The standard InChI is InChI=1S/C26H23FN4O3/c1-17-26(34)31(23-10-6-5-9-21(23)28-17)16-24(32)30-22(15-18-7-3-2-4-8-18)25(33)29-20-13-11-19(27)12-14-20/h2-14,22H,15-16H2,1H3,(H,29,33)(H,30,32)/t22-/m0/s1. The van der Waals surface area contributed by atoms with Crippen LogP contribution in [0.4, 0.5) is 10.1 Å². The quantitative estimate of drug-likeness (QED) is 0.445. The smallest absolute Gasteiger partial charge is 0.272 e. The van der Waals surface area contributed by atoms with E-state index in [0.717, 1.165) is 5.56 Å². The van der Waals surface area contributed by atoms with Crippen molar-refractivity contribution in [3.8, 4) is 0 Å². The Bertz CT molecular complexity index is 1390. The number of halogens is 1. The molecule has 34 heavy (non-hydrogen) atoms. The third-order valence-corrected chi connectivity index (χ3v) is 5.36. The predicted octanol–water partition coefficient (Wildman–Crippen LogP) is 3.21. The van der Waals surface area contributed by atoms with Crippen molar-refractivity contribution in [2.75, 3.05) is 5.32 Å². The lowest BCUT2D eigenvalue weighted by Gasteiger charge is -2.19. The highest BCUT2D eigenvalue weighted by Crippen LogP contribution is 2.12. The van der Waals surface area contributed by atoms with Gasteiger partial charge < -0.3 is 10.6 Å². The highest BCUT2D eigenvalue weighted by Gasteiger charge is 2.22. The number of para-hydroxylation sites is 2. The molecule has 8 heteroatoms. The molecule has 0 saturated heterocycles. The number of hydrogen-bond acceptors (Lipinski definition) is 4. The van der Waals surface area contributed by atoms with Crippen LogP contribution in [0.15, 0.2) is 83.7 Å². The van der Waals surface area contributed by atoms with Crippen LogP contribution < -0.4 is 16.2 Å². The monoisotopic (exact) mass is 458 g/mol. The van der Waals surface area contributed by atoms with Gasteiger partial charge in [0.1, 0.15) is 24.1 Å². The number of fused-ring (bicyclic) bond motifs is 1. The molecular weight excluding hydrogens is 435 g/mol. The van der Waals surface area contributed by atoms with E-state index in [0.29, 0.717) is 16.7 Å². The summed E-state index contributed by atoms with van der Waals surface area (Å²) in [4.78, 5) is 43.0. The summed E-state index contributed by atoms with van der Waals surface area (Å²) in [5.41, 5.74) is 2.30. The van der Waals surface area contributed by atoms with Crippen molar-refractivity contribution in [1.82, 2.24) is 14.9 Å². The number of carbonyl (C=O) groups excluding carboxylic acids is 2. The van der Waals surface area contributed by atoms with Crippen molar-refractivity contribution < 1.29 is 14.0 Å². The van der Waals surface area contributed by atoms with Crippen LogP contribution in [0.2, 0.25) is 0 Å². The number of rotatable bonds is 7. The highest BCUT2D eigenvalue weighted by molar-refractivity contribution is 5.97. The molecule has 172 valence electrons. The first-order chi connectivity index (χ1) is 16.4. The van der Waals surface area contributed by atoms with Crippen molar-refractivity contribution in [1.29, 1.82) is 0 Å². The van der Waals surface area contributed by atoms with E-state index in [9.17, 15) is 18.8 Å². The van der Waals surface area contributed by atoms with Gasteiger partial charge in [0, 0.05) is 12.1 Å². The molecule has 0 aliphatic carbocycles. The zero-order valence-electron chi connectivity index (χ0n) is 18.5. The van der Waals surface area contributed by atoms with Crippen molar-refractivity contribution in [3.05, 3.63) is 106 Å². The van der Waals surface area contributed by atoms with Gasteiger partial charge in [0.15, 0.2) is 0 Å². The minimum absolute atomic E-state index is 0.241. The number of benzene rings is 3. The number of nitrogens with zero attached hydrogens (tertiary/aromatic N) is 2. The fourth-order valence-electron chi connectivity index (χ4n) is 3.68. The maximum absolute atomic E-state index is 13.2. The van der Waals surface area contributed by atoms with Crippen LogP contribution >= 0.6 is 0 Å². The van der Waals surface area contributed by atoms with Gasteiger partial charge in [-0.3, -0.25) is 19.0 Å². The second-order valence-corrected chi connectivity index (χ2v) is 7.88. The van der Waals surface area contributed by atoms with E-state index < -0.39 is 23.7 Å². The number of amides is 2. The Labute approximate surface area is 195 Å². The fourth-order valence-corrected chi connectivity index (χ4v) is 3.68. The number of carbonyl (C=O) groups is 2. The van der Waals surface area contributed by atoms with Crippen LogP contribution in [0.25, 0.3) is 11.0 Å². The molecule has 2 N–H and O–H groups in total. The maximum atomic E-state index is 13.2. The molecule has 0 radical (unpaired) electrons. The van der Waals surface area contributed by atoms with Gasteiger partial charge in [-0.05, 0) is 48.9 Å². The Hall–Kier alpha value is -4.33. The summed E-state index contributed by atoms with van der Waals surface area (Å²) in [6, 6.07) is 20.8. The van der Waals surface area contributed by atoms with Crippen LogP contribution in [0.5, 0.6) is 0 Å². The van der Waals surface area contributed by atoms with E-state index in [1.165, 1.54) is 28.8 Å². The lowest BCUT2D eigenvalue weighted by molar-refractivity contribution is -0.126. The van der Waals surface area contributed by atoms with Gasteiger partial charge >= 0.3 is 0 Å². The Morgan fingerprint density at radius 3 is 2.38 bits per heavy atom. The molecule has 0 spiro atoms. The molecule has 3 aromatic carbocycles. The van der Waals surface area contributed by atoms with Crippen molar-refractivity contribution in [2.24, 2.45) is 0 Å². The number of nitrogens with one attached hydrogen (secondary N) is 2. The number of anilines is 1. The van der Waals surface area contributed by atoms with E-state index in [-0.39, 0.29) is 24.2 Å². The lowest BCUT2D eigenvalue weighted by Crippen LogP contribution is -2.47. The molecule has 7 nitrogen and oxygen atoms in total. The third kappa shape index (κ3) is 5.35. The van der Waals surface area contributed by atoms with Gasteiger partial charge in [-0.2, -0.15) is 0 Å². The van der Waals surface area contributed by atoms with Crippen molar-refractivity contribution in [2.45, 2.75) is 25.9 Å². The van der Waals surface area contributed by atoms with Crippen LogP contribution in [-0.4, -0.2) is 27.4 Å². The first-order valence-corrected chi connectivity index (χ1v) is 10.8. The molecule has 0 unspecified atom stereocenters. The first kappa shape index (κ1) is 22.8. The molecule has 0 aliphatic rings. The minimum Gasteiger partial charge on any atom is -0.342 e. The average molecular weight is 458 g/mol. The predicted molar refractivity (Wildman–Crippen MR) is 128 cm³/mol. The molecule has 0 aliphatic heterocycles. The summed E-state index contributed by atoms with van der Waals surface area (Å²) < 4.78 is 14.6. The van der Waals surface area contributed by atoms with Gasteiger partial charge in [-0.25, -0.2) is 9.37 Å². The molecule has 1 atom stereocenters. The van der Waals surface area contributed by atoms with E-state index >= 15 is 0 Å². The second-order valence-electron chi connectivity index (χ2n) is 7.88. The van der Waals surface area contributed by atoms with Crippen LogP contribution in [0, 0.1) is 12.7 Å². The van der Waals surface area contributed by atoms with E-state index in [2.05, 4.69) is 15.6 Å². The Morgan fingerprint density at radius 2 is 1.65 bits per heavy atom. The zero-order chi connectivity index (χ0) is 24.1. The molecule has 1 aromatic heterocycles. The molecule has 0 fully saturated rings. The van der Waals surface area contributed by atoms with Gasteiger partial charge in [-0.15, -0.1) is 0 Å². The second kappa shape index (κ2) is 10.1. The molecular formula is C26H23FN4O3. The fraction of sp³-hybridized carbons (Fsp3) is 0.154. The lowest BCUT2D eigenvalue weighted by atomic mass is 10.0. The summed E-state index contributed by atoms with van der Waals surface area (Å²) in [6.45, 7) is 1.33. The number of hydrogen-bond donors (Lipinski definition) is 2. The highest BCUT2D eigenvalue weighted by atomic mass is 19.1.